The molecule has 1 aromatic rings. The maximum absolute atomic E-state index is 5.87. The standard InChI is InChI=1S/C12H17Cl2NO3/c1-16-3-2-4-17-5-6-18-12-8-10(14)9(13)7-11(12)15/h7-8H,2-6,15H2,1H3. The van der Waals surface area contributed by atoms with Crippen LogP contribution in [0.2, 0.25) is 10.0 Å². The van der Waals surface area contributed by atoms with Gasteiger partial charge in [-0.25, -0.2) is 0 Å². The van der Waals surface area contributed by atoms with Crippen molar-refractivity contribution in [3.05, 3.63) is 22.2 Å². The second-order valence-electron chi connectivity index (χ2n) is 3.61. The van der Waals surface area contributed by atoms with Crippen molar-refractivity contribution in [2.75, 3.05) is 39.3 Å². The van der Waals surface area contributed by atoms with Crippen LogP contribution >= 0.6 is 23.2 Å². The molecule has 0 aliphatic carbocycles. The first-order valence-corrected chi connectivity index (χ1v) is 6.34. The van der Waals surface area contributed by atoms with E-state index in [2.05, 4.69) is 0 Å². The lowest BCUT2D eigenvalue weighted by atomic mass is 10.3. The summed E-state index contributed by atoms with van der Waals surface area (Å²) in [7, 11) is 1.66. The highest BCUT2D eigenvalue weighted by atomic mass is 35.5. The summed E-state index contributed by atoms with van der Waals surface area (Å²) in [6.45, 7) is 2.24. The number of nitrogens with two attached hydrogens (primary N) is 1. The highest BCUT2D eigenvalue weighted by Gasteiger charge is 2.05. The van der Waals surface area contributed by atoms with E-state index in [9.17, 15) is 0 Å². The van der Waals surface area contributed by atoms with E-state index in [0.717, 1.165) is 6.42 Å². The molecule has 0 heterocycles. The number of nitrogen functional groups attached to an aromatic ring is 1. The Labute approximate surface area is 117 Å². The third kappa shape index (κ3) is 5.31. The Balaban J connectivity index is 2.25. The zero-order valence-corrected chi connectivity index (χ0v) is 11.8. The monoisotopic (exact) mass is 293 g/mol. The average Bonchev–Trinajstić information content (AvgIpc) is 2.34. The van der Waals surface area contributed by atoms with Crippen LogP contribution in [0.5, 0.6) is 5.75 Å². The van der Waals surface area contributed by atoms with Crippen molar-refractivity contribution in [2.45, 2.75) is 6.42 Å². The SMILES string of the molecule is COCCCOCCOc1cc(Cl)c(Cl)cc1N. The fraction of sp³-hybridized carbons (Fsp3) is 0.500. The number of hydrogen-bond donors (Lipinski definition) is 1. The van der Waals surface area contributed by atoms with Crippen molar-refractivity contribution in [2.24, 2.45) is 0 Å². The van der Waals surface area contributed by atoms with E-state index in [1.807, 2.05) is 0 Å². The normalized spacial score (nSPS) is 10.6. The second-order valence-corrected chi connectivity index (χ2v) is 4.43. The van der Waals surface area contributed by atoms with Crippen LogP contribution in [0, 0.1) is 0 Å². The number of hydrogen-bond acceptors (Lipinski definition) is 4. The lowest BCUT2D eigenvalue weighted by molar-refractivity contribution is 0.0808. The zero-order chi connectivity index (χ0) is 13.4. The lowest BCUT2D eigenvalue weighted by Gasteiger charge is -2.10. The largest absolute Gasteiger partial charge is 0.489 e. The molecule has 0 saturated heterocycles. The predicted molar refractivity (Wildman–Crippen MR) is 73.7 cm³/mol. The van der Waals surface area contributed by atoms with E-state index >= 15 is 0 Å². The summed E-state index contributed by atoms with van der Waals surface area (Å²) in [6.07, 6.45) is 0.866. The molecule has 0 spiro atoms. The fourth-order valence-corrected chi connectivity index (χ4v) is 1.61. The van der Waals surface area contributed by atoms with Gasteiger partial charge >= 0.3 is 0 Å². The molecule has 0 aromatic heterocycles. The molecule has 0 bridgehead atoms. The number of benzene rings is 1. The Bertz CT molecular complexity index is 375. The highest BCUT2D eigenvalue weighted by Crippen LogP contribution is 2.32. The van der Waals surface area contributed by atoms with Gasteiger partial charge in [0.05, 0.1) is 22.3 Å². The van der Waals surface area contributed by atoms with Gasteiger partial charge in [-0.2, -0.15) is 0 Å². The molecule has 0 unspecified atom stereocenters. The van der Waals surface area contributed by atoms with Crippen LogP contribution < -0.4 is 10.5 Å². The predicted octanol–water partition coefficient (Wildman–Crippen LogP) is 3.01. The molecule has 0 aliphatic heterocycles. The quantitative estimate of drug-likeness (QED) is 0.591. The van der Waals surface area contributed by atoms with Crippen molar-refractivity contribution in [3.8, 4) is 5.75 Å². The summed E-state index contributed by atoms with van der Waals surface area (Å²) >= 11 is 11.7. The number of ether oxygens (including phenoxy) is 3. The molecule has 2 N–H and O–H groups in total. The third-order valence-corrected chi connectivity index (χ3v) is 2.90. The van der Waals surface area contributed by atoms with Gasteiger partial charge in [-0.1, -0.05) is 23.2 Å². The topological polar surface area (TPSA) is 53.7 Å². The molecule has 102 valence electrons. The first-order chi connectivity index (χ1) is 8.65. The Morgan fingerprint density at radius 2 is 1.78 bits per heavy atom. The van der Waals surface area contributed by atoms with Crippen molar-refractivity contribution < 1.29 is 14.2 Å². The second kappa shape index (κ2) is 8.43. The van der Waals surface area contributed by atoms with Crippen LogP contribution in [0.15, 0.2) is 12.1 Å². The minimum atomic E-state index is 0.412. The molecule has 0 amide bonds. The summed E-state index contributed by atoms with van der Waals surface area (Å²) < 4.78 is 15.7. The van der Waals surface area contributed by atoms with Crippen LogP contribution in [0.1, 0.15) is 6.42 Å². The van der Waals surface area contributed by atoms with Gasteiger partial charge in [-0.3, -0.25) is 0 Å². The minimum absolute atomic E-state index is 0.412. The molecule has 0 saturated carbocycles. The molecule has 1 rings (SSSR count). The zero-order valence-electron chi connectivity index (χ0n) is 10.2. The van der Waals surface area contributed by atoms with Crippen LogP contribution in [0.25, 0.3) is 0 Å². The van der Waals surface area contributed by atoms with E-state index in [0.29, 0.717) is 47.9 Å². The fourth-order valence-electron chi connectivity index (χ4n) is 1.29. The molecule has 4 nitrogen and oxygen atoms in total. The van der Waals surface area contributed by atoms with Gasteiger partial charge in [-0.15, -0.1) is 0 Å². The molecule has 1 aromatic carbocycles. The lowest BCUT2D eigenvalue weighted by Crippen LogP contribution is -2.09. The summed E-state index contributed by atoms with van der Waals surface area (Å²) in [5.74, 6) is 0.518. The average molecular weight is 294 g/mol. The molecule has 0 radical (unpaired) electrons. The number of halogens is 2. The van der Waals surface area contributed by atoms with Gasteiger partial charge < -0.3 is 19.9 Å². The maximum atomic E-state index is 5.87. The summed E-state index contributed by atoms with van der Waals surface area (Å²) in [6, 6.07) is 3.17. The number of rotatable bonds is 8. The molecule has 0 atom stereocenters. The van der Waals surface area contributed by atoms with Gasteiger partial charge in [-0.05, 0) is 12.5 Å². The number of methoxy groups -OCH3 is 1. The van der Waals surface area contributed by atoms with E-state index in [1.54, 1.807) is 19.2 Å². The third-order valence-electron chi connectivity index (χ3n) is 2.18. The molecule has 18 heavy (non-hydrogen) atoms. The van der Waals surface area contributed by atoms with E-state index in [4.69, 9.17) is 43.1 Å². The Hall–Kier alpha value is -0.680. The van der Waals surface area contributed by atoms with Gasteiger partial charge in [0, 0.05) is 26.4 Å². The van der Waals surface area contributed by atoms with Crippen molar-refractivity contribution in [1.29, 1.82) is 0 Å². The molecular formula is C12H17Cl2NO3. The highest BCUT2D eigenvalue weighted by molar-refractivity contribution is 6.42. The molecular weight excluding hydrogens is 277 g/mol. The summed E-state index contributed by atoms with van der Waals surface area (Å²) in [5, 5.41) is 0.833. The van der Waals surface area contributed by atoms with Gasteiger partial charge in [0.1, 0.15) is 12.4 Å². The maximum Gasteiger partial charge on any atom is 0.143 e. The molecule has 6 heteroatoms. The van der Waals surface area contributed by atoms with Gasteiger partial charge in [0.25, 0.3) is 0 Å². The van der Waals surface area contributed by atoms with E-state index in [1.165, 1.54) is 0 Å². The van der Waals surface area contributed by atoms with Crippen molar-refractivity contribution in [1.82, 2.24) is 0 Å². The summed E-state index contributed by atoms with van der Waals surface area (Å²) in [4.78, 5) is 0. The van der Waals surface area contributed by atoms with Gasteiger partial charge in [0.2, 0.25) is 0 Å². The smallest absolute Gasteiger partial charge is 0.143 e. The van der Waals surface area contributed by atoms with Crippen LogP contribution in [0.4, 0.5) is 5.69 Å². The summed E-state index contributed by atoms with van der Waals surface area (Å²) in [5.41, 5.74) is 6.21. The Morgan fingerprint density at radius 1 is 1.06 bits per heavy atom. The van der Waals surface area contributed by atoms with Crippen LogP contribution in [-0.2, 0) is 9.47 Å². The van der Waals surface area contributed by atoms with E-state index in [-0.39, 0.29) is 0 Å². The Morgan fingerprint density at radius 3 is 2.50 bits per heavy atom. The van der Waals surface area contributed by atoms with Crippen LogP contribution in [0.3, 0.4) is 0 Å². The van der Waals surface area contributed by atoms with Crippen LogP contribution in [-0.4, -0.2) is 33.5 Å². The van der Waals surface area contributed by atoms with E-state index < -0.39 is 0 Å². The first kappa shape index (κ1) is 15.4. The van der Waals surface area contributed by atoms with Crippen molar-refractivity contribution >= 4 is 28.9 Å². The minimum Gasteiger partial charge on any atom is -0.489 e. The first-order valence-electron chi connectivity index (χ1n) is 5.59. The number of anilines is 1. The van der Waals surface area contributed by atoms with Gasteiger partial charge in [0.15, 0.2) is 0 Å². The Kier molecular flexibility index (Phi) is 7.20. The van der Waals surface area contributed by atoms with Crippen molar-refractivity contribution in [3.63, 3.8) is 0 Å². The molecule has 0 aliphatic rings. The molecule has 0 fully saturated rings.